The average molecular weight is 638 g/mol. The third-order valence-corrected chi connectivity index (χ3v) is 8.42. The first-order chi connectivity index (χ1) is 22.1. The highest BCUT2D eigenvalue weighted by molar-refractivity contribution is 6.00. The molecule has 1 aliphatic rings. The van der Waals surface area contributed by atoms with Crippen molar-refractivity contribution in [3.05, 3.63) is 69.6 Å². The molecule has 250 valence electrons. The van der Waals surface area contributed by atoms with Crippen molar-refractivity contribution < 1.29 is 28.6 Å². The van der Waals surface area contributed by atoms with Gasteiger partial charge in [0.1, 0.15) is 6.04 Å². The molecule has 1 unspecified atom stereocenters. The monoisotopic (exact) mass is 637 g/mol. The first kappa shape index (κ1) is 35.0. The van der Waals surface area contributed by atoms with Gasteiger partial charge >= 0.3 is 5.69 Å². The zero-order chi connectivity index (χ0) is 33.1. The summed E-state index contributed by atoms with van der Waals surface area (Å²) in [4.78, 5) is 47.8. The number of rotatable bonds is 19. The van der Waals surface area contributed by atoms with Crippen LogP contribution in [0.3, 0.4) is 0 Å². The summed E-state index contributed by atoms with van der Waals surface area (Å²) in [5.74, 6) is -1.09. The van der Waals surface area contributed by atoms with Crippen molar-refractivity contribution in [3.63, 3.8) is 0 Å². The Balaban J connectivity index is 1.07. The molecule has 0 spiro atoms. The number of benzene rings is 2. The number of fused-ring (bicyclic) bond motifs is 1. The number of amides is 3. The lowest BCUT2D eigenvalue weighted by Crippen LogP contribution is -2.44. The Morgan fingerprint density at radius 3 is 2.22 bits per heavy atom. The fourth-order valence-electron chi connectivity index (χ4n) is 5.57. The standard InChI is InChI=1S/C34H47N5O7/c1-23(27(35)12-15-31(36)40)46-22-26-9-7-24(8-10-26)5-3-17-44-19-20-45-18-4-6-25-11-13-28-30(21-25)38(2)34(43)39(28)29-14-16-32(41)37-33(29)42/h7-11,13,21,23,27,29H,3-6,12,14-20,22,35H2,1-2H3,(H2,36,40)(H,37,41,42)/t23-,27+,29?/m1/s1. The highest BCUT2D eigenvalue weighted by Gasteiger charge is 2.31. The van der Waals surface area contributed by atoms with Crippen LogP contribution in [-0.4, -0.2) is 65.4 Å². The molecular formula is C34H47N5O7. The van der Waals surface area contributed by atoms with Gasteiger partial charge in [-0.25, -0.2) is 4.79 Å². The maximum atomic E-state index is 12.9. The molecule has 3 atom stereocenters. The van der Waals surface area contributed by atoms with E-state index in [1.54, 1.807) is 11.6 Å². The number of imidazole rings is 1. The van der Waals surface area contributed by atoms with E-state index in [0.29, 0.717) is 51.4 Å². The van der Waals surface area contributed by atoms with E-state index in [2.05, 4.69) is 29.6 Å². The summed E-state index contributed by atoms with van der Waals surface area (Å²) < 4.78 is 20.4. The molecule has 0 saturated carbocycles. The van der Waals surface area contributed by atoms with Crippen molar-refractivity contribution in [2.45, 2.75) is 83.1 Å². The van der Waals surface area contributed by atoms with Crippen LogP contribution in [0.1, 0.15) is 68.2 Å². The van der Waals surface area contributed by atoms with Gasteiger partial charge in [0.15, 0.2) is 0 Å². The topological polar surface area (TPSA) is 170 Å². The van der Waals surface area contributed by atoms with E-state index in [0.717, 1.165) is 42.3 Å². The van der Waals surface area contributed by atoms with Gasteiger partial charge in [0.2, 0.25) is 17.7 Å². The highest BCUT2D eigenvalue weighted by Crippen LogP contribution is 2.24. The molecule has 2 heterocycles. The maximum absolute atomic E-state index is 12.9. The van der Waals surface area contributed by atoms with Crippen LogP contribution in [0.25, 0.3) is 11.0 Å². The lowest BCUT2D eigenvalue weighted by molar-refractivity contribution is -0.135. The smallest absolute Gasteiger partial charge is 0.329 e. The second kappa shape index (κ2) is 17.2. The van der Waals surface area contributed by atoms with Crippen LogP contribution in [0.15, 0.2) is 47.3 Å². The third-order valence-electron chi connectivity index (χ3n) is 8.42. The van der Waals surface area contributed by atoms with Gasteiger partial charge in [-0.3, -0.25) is 28.8 Å². The SMILES string of the molecule is C[C@@H](OCc1ccc(CCCOCCOCCCc2ccc3c(c2)n(C)c(=O)n3C2CCC(=O)NC2=O)cc1)[C@@H](N)CCC(N)=O. The number of hydrogen-bond acceptors (Lipinski definition) is 8. The number of carbonyl (C=O) groups excluding carboxylic acids is 3. The lowest BCUT2D eigenvalue weighted by atomic mass is 10.1. The van der Waals surface area contributed by atoms with Gasteiger partial charge in [-0.1, -0.05) is 30.3 Å². The van der Waals surface area contributed by atoms with Crippen LogP contribution in [0.4, 0.5) is 0 Å². The molecule has 1 fully saturated rings. The van der Waals surface area contributed by atoms with Crippen LogP contribution in [-0.2, 0) is 55.1 Å². The Labute approximate surface area is 269 Å². The molecule has 1 saturated heterocycles. The molecule has 0 aliphatic carbocycles. The van der Waals surface area contributed by atoms with Gasteiger partial charge in [0.05, 0.1) is 37.0 Å². The quantitative estimate of drug-likeness (QED) is 0.133. The number of ether oxygens (including phenoxy) is 3. The molecule has 0 bridgehead atoms. The van der Waals surface area contributed by atoms with Crippen molar-refractivity contribution >= 4 is 28.8 Å². The number of nitrogens with two attached hydrogens (primary N) is 2. The van der Waals surface area contributed by atoms with Crippen LogP contribution in [0, 0.1) is 0 Å². The summed E-state index contributed by atoms with van der Waals surface area (Å²) in [5.41, 5.74) is 15.8. The molecule has 1 aromatic heterocycles. The zero-order valence-corrected chi connectivity index (χ0v) is 26.9. The molecule has 5 N–H and O–H groups in total. The number of piperidine rings is 1. The molecule has 1 aliphatic heterocycles. The Bertz CT molecular complexity index is 1530. The average Bonchev–Trinajstić information content (AvgIpc) is 3.28. The Hall–Kier alpha value is -3.84. The predicted molar refractivity (Wildman–Crippen MR) is 174 cm³/mol. The molecule has 12 heteroatoms. The zero-order valence-electron chi connectivity index (χ0n) is 26.9. The van der Waals surface area contributed by atoms with Crippen molar-refractivity contribution in [1.82, 2.24) is 14.5 Å². The second-order valence-corrected chi connectivity index (χ2v) is 11.9. The van der Waals surface area contributed by atoms with Crippen molar-refractivity contribution in [1.29, 1.82) is 0 Å². The van der Waals surface area contributed by atoms with Crippen molar-refractivity contribution in [2.75, 3.05) is 26.4 Å². The summed E-state index contributed by atoms with van der Waals surface area (Å²) in [6, 6.07) is 13.2. The van der Waals surface area contributed by atoms with Gasteiger partial charge in [-0.05, 0) is 74.3 Å². The highest BCUT2D eigenvalue weighted by atomic mass is 16.5. The molecule has 3 amide bonds. The number of primary amides is 1. The molecule has 46 heavy (non-hydrogen) atoms. The van der Waals surface area contributed by atoms with Crippen molar-refractivity contribution in [2.24, 2.45) is 18.5 Å². The van der Waals surface area contributed by atoms with E-state index >= 15 is 0 Å². The summed E-state index contributed by atoms with van der Waals surface area (Å²) >= 11 is 0. The fourth-order valence-corrected chi connectivity index (χ4v) is 5.57. The summed E-state index contributed by atoms with van der Waals surface area (Å²) in [6.45, 7) is 4.70. The summed E-state index contributed by atoms with van der Waals surface area (Å²) in [6.07, 6.45) is 4.60. The van der Waals surface area contributed by atoms with Gasteiger partial charge < -0.3 is 25.7 Å². The van der Waals surface area contributed by atoms with Gasteiger partial charge in [-0.15, -0.1) is 0 Å². The lowest BCUT2D eigenvalue weighted by Gasteiger charge is -2.21. The number of imide groups is 1. The minimum atomic E-state index is -0.684. The largest absolute Gasteiger partial charge is 0.379 e. The summed E-state index contributed by atoms with van der Waals surface area (Å²) in [7, 11) is 1.70. The van der Waals surface area contributed by atoms with Crippen molar-refractivity contribution in [3.8, 4) is 0 Å². The van der Waals surface area contributed by atoms with E-state index in [1.807, 2.05) is 25.1 Å². The van der Waals surface area contributed by atoms with Gasteiger partial charge in [0, 0.05) is 39.1 Å². The Morgan fingerprint density at radius 2 is 1.57 bits per heavy atom. The van der Waals surface area contributed by atoms with Crippen LogP contribution < -0.4 is 22.5 Å². The van der Waals surface area contributed by atoms with E-state index in [9.17, 15) is 19.2 Å². The van der Waals surface area contributed by atoms with Crippen LogP contribution >= 0.6 is 0 Å². The number of hydrogen-bond donors (Lipinski definition) is 3. The fraction of sp³-hybridized carbons (Fsp3) is 0.529. The Morgan fingerprint density at radius 1 is 0.935 bits per heavy atom. The molecular weight excluding hydrogens is 590 g/mol. The molecule has 3 aromatic rings. The number of nitrogens with one attached hydrogen (secondary N) is 1. The molecule has 2 aromatic carbocycles. The first-order valence-corrected chi connectivity index (χ1v) is 16.1. The van der Waals surface area contributed by atoms with E-state index in [-0.39, 0.29) is 42.5 Å². The maximum Gasteiger partial charge on any atom is 0.329 e. The van der Waals surface area contributed by atoms with Gasteiger partial charge in [-0.2, -0.15) is 0 Å². The second-order valence-electron chi connectivity index (χ2n) is 11.9. The number of nitrogens with zero attached hydrogens (tertiary/aromatic N) is 2. The molecule has 0 radical (unpaired) electrons. The predicted octanol–water partition coefficient (Wildman–Crippen LogP) is 2.41. The van der Waals surface area contributed by atoms with E-state index in [1.165, 1.54) is 10.1 Å². The molecule has 4 rings (SSSR count). The van der Waals surface area contributed by atoms with Gasteiger partial charge in [0.25, 0.3) is 0 Å². The number of carbonyl (C=O) groups is 3. The van der Waals surface area contributed by atoms with E-state index < -0.39 is 11.9 Å². The third kappa shape index (κ3) is 9.83. The normalized spacial score (nSPS) is 16.5. The Kier molecular flexibility index (Phi) is 13.1. The van der Waals surface area contributed by atoms with Crippen LogP contribution in [0.5, 0.6) is 0 Å². The minimum Gasteiger partial charge on any atom is -0.379 e. The number of aromatic nitrogens is 2. The molecule has 12 nitrogen and oxygen atoms in total. The number of aryl methyl sites for hydroxylation is 3. The summed E-state index contributed by atoms with van der Waals surface area (Å²) in [5, 5.41) is 2.34. The first-order valence-electron chi connectivity index (χ1n) is 16.1. The van der Waals surface area contributed by atoms with E-state index in [4.69, 9.17) is 25.7 Å². The van der Waals surface area contributed by atoms with Crippen LogP contribution in [0.2, 0.25) is 0 Å². The minimum absolute atomic E-state index is 0.165.